The van der Waals surface area contributed by atoms with Crippen LogP contribution in [0.25, 0.3) is 6.08 Å². The quantitative estimate of drug-likeness (QED) is 0.600. The van der Waals surface area contributed by atoms with Crippen LogP contribution in [0.2, 0.25) is 0 Å². The number of carbonyl (C=O) groups excluding carboxylic acids is 2. The Kier molecular flexibility index (Phi) is 5.76. The third-order valence-corrected chi connectivity index (χ3v) is 2.88. The molecule has 6 heteroatoms. The van der Waals surface area contributed by atoms with E-state index in [0.29, 0.717) is 11.4 Å². The fourth-order valence-electron chi connectivity index (χ4n) is 1.81. The molecule has 0 unspecified atom stereocenters. The number of amides is 3. The van der Waals surface area contributed by atoms with Gasteiger partial charge in [-0.05, 0) is 24.3 Å². The van der Waals surface area contributed by atoms with E-state index in [9.17, 15) is 9.59 Å². The van der Waals surface area contributed by atoms with Crippen LogP contribution in [-0.2, 0) is 4.79 Å². The second kappa shape index (κ2) is 8.23. The summed E-state index contributed by atoms with van der Waals surface area (Å²) in [4.78, 5) is 23.3. The maximum Gasteiger partial charge on any atom is 0.337 e. The summed E-state index contributed by atoms with van der Waals surface area (Å²) in [5, 5.41) is 2.58. The van der Waals surface area contributed by atoms with Gasteiger partial charge in [-0.15, -0.1) is 0 Å². The van der Waals surface area contributed by atoms with E-state index in [-0.39, 0.29) is 0 Å². The molecule has 0 bridgehead atoms. The normalized spacial score (nSPS) is 10.1. The number of methoxy groups -OCH3 is 1. The number of carbonyl (C=O) groups is 2. The molecule has 23 heavy (non-hydrogen) atoms. The summed E-state index contributed by atoms with van der Waals surface area (Å²) >= 11 is 0. The molecule has 0 aliphatic rings. The van der Waals surface area contributed by atoms with Gasteiger partial charge in [-0.1, -0.05) is 36.4 Å². The summed E-state index contributed by atoms with van der Waals surface area (Å²) in [6.07, 6.45) is 2.91. The fraction of sp³-hybridized carbons (Fsp3) is 0.0588. The average Bonchev–Trinajstić information content (AvgIpc) is 2.59. The van der Waals surface area contributed by atoms with Crippen LogP contribution < -0.4 is 20.9 Å². The molecule has 0 heterocycles. The first-order valence-corrected chi connectivity index (χ1v) is 6.92. The number of benzene rings is 2. The first-order chi connectivity index (χ1) is 11.2. The highest BCUT2D eigenvalue weighted by Gasteiger charge is 2.03. The van der Waals surface area contributed by atoms with Gasteiger partial charge < -0.3 is 10.1 Å². The summed E-state index contributed by atoms with van der Waals surface area (Å²) in [6, 6.07) is 15.7. The van der Waals surface area contributed by atoms with Gasteiger partial charge in [0.2, 0.25) is 0 Å². The number of para-hydroxylation sites is 2. The Labute approximate surface area is 134 Å². The monoisotopic (exact) mass is 311 g/mol. The standard InChI is InChI=1S/C17H17N3O3/c1-23-15-10-6-5-7-13(15)11-12-16(21)19-20-17(22)18-14-8-3-2-4-9-14/h2-12H,1H3,(H,19,21)(H2,18,20,22)/b12-11+. The summed E-state index contributed by atoms with van der Waals surface area (Å²) < 4.78 is 5.18. The van der Waals surface area contributed by atoms with E-state index in [4.69, 9.17) is 4.74 Å². The number of urea groups is 1. The zero-order valence-electron chi connectivity index (χ0n) is 12.6. The van der Waals surface area contributed by atoms with E-state index in [2.05, 4.69) is 16.2 Å². The van der Waals surface area contributed by atoms with Crippen LogP contribution in [0, 0.1) is 0 Å². The van der Waals surface area contributed by atoms with E-state index in [1.54, 1.807) is 43.5 Å². The highest BCUT2D eigenvalue weighted by atomic mass is 16.5. The van der Waals surface area contributed by atoms with Gasteiger partial charge in [-0.3, -0.25) is 10.2 Å². The Balaban J connectivity index is 1.83. The van der Waals surface area contributed by atoms with Crippen molar-refractivity contribution in [2.45, 2.75) is 0 Å². The van der Waals surface area contributed by atoms with Gasteiger partial charge in [-0.25, -0.2) is 10.2 Å². The molecule has 0 atom stereocenters. The van der Waals surface area contributed by atoms with Crippen LogP contribution in [0.1, 0.15) is 5.56 Å². The van der Waals surface area contributed by atoms with Crippen LogP contribution >= 0.6 is 0 Å². The summed E-state index contributed by atoms with van der Waals surface area (Å²) in [5.74, 6) is 0.199. The molecule has 3 N–H and O–H groups in total. The minimum absolute atomic E-state index is 0.459. The van der Waals surface area contributed by atoms with Crippen molar-refractivity contribution in [3.63, 3.8) is 0 Å². The molecular formula is C17H17N3O3. The number of anilines is 1. The molecule has 0 fully saturated rings. The number of hydrogen-bond acceptors (Lipinski definition) is 3. The third kappa shape index (κ3) is 5.20. The maximum absolute atomic E-state index is 11.7. The Hall–Kier alpha value is -3.28. The molecule has 0 spiro atoms. The molecule has 118 valence electrons. The molecule has 0 aliphatic heterocycles. The smallest absolute Gasteiger partial charge is 0.337 e. The van der Waals surface area contributed by atoms with Crippen LogP contribution in [0.5, 0.6) is 5.75 Å². The van der Waals surface area contributed by atoms with Gasteiger partial charge in [0.05, 0.1) is 7.11 Å². The average molecular weight is 311 g/mol. The molecular weight excluding hydrogens is 294 g/mol. The van der Waals surface area contributed by atoms with E-state index < -0.39 is 11.9 Å². The molecule has 0 saturated heterocycles. The van der Waals surface area contributed by atoms with Crippen molar-refractivity contribution in [2.75, 3.05) is 12.4 Å². The number of hydrogen-bond donors (Lipinski definition) is 3. The summed E-state index contributed by atoms with van der Waals surface area (Å²) in [6.45, 7) is 0. The van der Waals surface area contributed by atoms with Crippen molar-refractivity contribution in [1.82, 2.24) is 10.9 Å². The van der Waals surface area contributed by atoms with Crippen molar-refractivity contribution in [3.8, 4) is 5.75 Å². The first-order valence-electron chi connectivity index (χ1n) is 6.92. The largest absolute Gasteiger partial charge is 0.496 e. The number of hydrazine groups is 1. The Morgan fingerprint density at radius 3 is 2.39 bits per heavy atom. The Morgan fingerprint density at radius 1 is 0.957 bits per heavy atom. The van der Waals surface area contributed by atoms with E-state index >= 15 is 0 Å². The van der Waals surface area contributed by atoms with Crippen LogP contribution in [0.3, 0.4) is 0 Å². The fourth-order valence-corrected chi connectivity index (χ4v) is 1.81. The van der Waals surface area contributed by atoms with Gasteiger partial charge in [0.1, 0.15) is 5.75 Å². The van der Waals surface area contributed by atoms with E-state index in [0.717, 1.165) is 5.56 Å². The highest BCUT2D eigenvalue weighted by Crippen LogP contribution is 2.18. The zero-order chi connectivity index (χ0) is 16.5. The van der Waals surface area contributed by atoms with Crippen molar-refractivity contribution >= 4 is 23.7 Å². The lowest BCUT2D eigenvalue weighted by molar-refractivity contribution is -0.117. The van der Waals surface area contributed by atoms with Gasteiger partial charge in [0.25, 0.3) is 5.91 Å². The third-order valence-electron chi connectivity index (χ3n) is 2.88. The number of rotatable bonds is 4. The summed E-state index contributed by atoms with van der Waals surface area (Å²) in [7, 11) is 1.56. The van der Waals surface area contributed by atoms with Crippen molar-refractivity contribution in [1.29, 1.82) is 0 Å². The first kappa shape index (κ1) is 16.1. The zero-order valence-corrected chi connectivity index (χ0v) is 12.6. The maximum atomic E-state index is 11.7. The molecule has 6 nitrogen and oxygen atoms in total. The van der Waals surface area contributed by atoms with E-state index in [1.165, 1.54) is 6.08 Å². The number of nitrogens with one attached hydrogen (secondary N) is 3. The lowest BCUT2D eigenvalue weighted by atomic mass is 10.2. The molecule has 2 aromatic rings. The highest BCUT2D eigenvalue weighted by molar-refractivity contribution is 5.95. The molecule has 0 aromatic heterocycles. The molecule has 0 radical (unpaired) electrons. The SMILES string of the molecule is COc1ccccc1/C=C/C(=O)NNC(=O)Nc1ccccc1. The molecule has 3 amide bonds. The van der Waals surface area contributed by atoms with Gasteiger partial charge in [0.15, 0.2) is 0 Å². The van der Waals surface area contributed by atoms with Gasteiger partial charge >= 0.3 is 6.03 Å². The summed E-state index contributed by atoms with van der Waals surface area (Å²) in [5.41, 5.74) is 5.94. The minimum atomic E-state index is -0.532. The second-order valence-electron chi connectivity index (χ2n) is 4.51. The lowest BCUT2D eigenvalue weighted by Gasteiger charge is -2.07. The minimum Gasteiger partial charge on any atom is -0.496 e. The lowest BCUT2D eigenvalue weighted by Crippen LogP contribution is -2.43. The van der Waals surface area contributed by atoms with Gasteiger partial charge in [0, 0.05) is 17.3 Å². The topological polar surface area (TPSA) is 79.5 Å². The van der Waals surface area contributed by atoms with E-state index in [1.807, 2.05) is 24.3 Å². The number of ether oxygens (including phenoxy) is 1. The van der Waals surface area contributed by atoms with Gasteiger partial charge in [-0.2, -0.15) is 0 Å². The molecule has 2 aromatic carbocycles. The predicted molar refractivity (Wildman–Crippen MR) is 88.8 cm³/mol. The van der Waals surface area contributed by atoms with Crippen LogP contribution in [0.15, 0.2) is 60.7 Å². The molecule has 0 saturated carbocycles. The predicted octanol–water partition coefficient (Wildman–Crippen LogP) is 2.56. The molecule has 0 aliphatic carbocycles. The molecule has 2 rings (SSSR count). The Bertz CT molecular complexity index is 699. The van der Waals surface area contributed by atoms with Crippen molar-refractivity contribution in [3.05, 3.63) is 66.2 Å². The van der Waals surface area contributed by atoms with Crippen LogP contribution in [-0.4, -0.2) is 19.0 Å². The second-order valence-corrected chi connectivity index (χ2v) is 4.51. The Morgan fingerprint density at radius 2 is 1.65 bits per heavy atom. The van der Waals surface area contributed by atoms with Crippen molar-refractivity contribution in [2.24, 2.45) is 0 Å². The van der Waals surface area contributed by atoms with Crippen LogP contribution in [0.4, 0.5) is 10.5 Å². The van der Waals surface area contributed by atoms with Crippen molar-refractivity contribution < 1.29 is 14.3 Å².